The molecule has 0 saturated carbocycles. The predicted molar refractivity (Wildman–Crippen MR) is 104 cm³/mol. The molecule has 0 bridgehead atoms. The highest BCUT2D eigenvalue weighted by molar-refractivity contribution is 5.87. The van der Waals surface area contributed by atoms with E-state index in [1.807, 2.05) is 56.3 Å². The second-order valence-corrected chi connectivity index (χ2v) is 6.74. The molecule has 6 heteroatoms. The number of carbonyl (C=O) groups is 2. The molecule has 0 saturated heterocycles. The molecule has 2 rings (SSSR count). The van der Waals surface area contributed by atoms with Gasteiger partial charge in [-0.3, -0.25) is 14.6 Å². The van der Waals surface area contributed by atoms with Gasteiger partial charge < -0.3 is 15.4 Å². The quantitative estimate of drug-likeness (QED) is 0.675. The molecule has 0 aliphatic rings. The number of nitrogens with zero attached hydrogens (tertiary/aromatic N) is 1. The van der Waals surface area contributed by atoms with Gasteiger partial charge in [0.05, 0.1) is 13.0 Å². The smallest absolute Gasteiger partial charge is 0.242 e. The molecule has 0 spiro atoms. The van der Waals surface area contributed by atoms with Crippen LogP contribution in [-0.2, 0) is 16.1 Å². The monoisotopic (exact) mass is 369 g/mol. The van der Waals surface area contributed by atoms with Gasteiger partial charge >= 0.3 is 0 Å². The summed E-state index contributed by atoms with van der Waals surface area (Å²) in [6.45, 7) is 4.69. The Balaban J connectivity index is 1.81. The van der Waals surface area contributed by atoms with Gasteiger partial charge in [-0.2, -0.15) is 0 Å². The van der Waals surface area contributed by atoms with E-state index < -0.39 is 6.04 Å². The molecule has 6 nitrogen and oxygen atoms in total. The van der Waals surface area contributed by atoms with E-state index in [2.05, 4.69) is 15.6 Å². The Labute approximate surface area is 160 Å². The van der Waals surface area contributed by atoms with Crippen LogP contribution in [0.1, 0.15) is 32.3 Å². The molecule has 2 aromatic rings. The van der Waals surface area contributed by atoms with Crippen molar-refractivity contribution >= 4 is 11.8 Å². The van der Waals surface area contributed by atoms with E-state index in [-0.39, 0.29) is 30.8 Å². The van der Waals surface area contributed by atoms with Crippen LogP contribution in [0.15, 0.2) is 54.9 Å². The van der Waals surface area contributed by atoms with Crippen molar-refractivity contribution in [3.05, 3.63) is 60.4 Å². The van der Waals surface area contributed by atoms with E-state index in [0.29, 0.717) is 13.0 Å². The van der Waals surface area contributed by atoms with Crippen LogP contribution >= 0.6 is 0 Å². The van der Waals surface area contributed by atoms with Crippen molar-refractivity contribution in [2.75, 3.05) is 6.61 Å². The first-order valence-electron chi connectivity index (χ1n) is 9.18. The zero-order valence-electron chi connectivity index (χ0n) is 15.9. The number of nitrogens with one attached hydrogen (secondary N) is 2. The van der Waals surface area contributed by atoms with Gasteiger partial charge in [-0.05, 0) is 36.1 Å². The first-order valence-corrected chi connectivity index (χ1v) is 9.18. The Hall–Kier alpha value is -2.89. The highest BCUT2D eigenvalue weighted by Crippen LogP contribution is 2.09. The van der Waals surface area contributed by atoms with Gasteiger partial charge in [0.2, 0.25) is 11.8 Å². The van der Waals surface area contributed by atoms with Crippen LogP contribution in [0.5, 0.6) is 5.75 Å². The largest absolute Gasteiger partial charge is 0.493 e. The summed E-state index contributed by atoms with van der Waals surface area (Å²) in [5.74, 6) is 0.608. The molecule has 0 aliphatic carbocycles. The lowest BCUT2D eigenvalue weighted by atomic mass is 10.0. The number of ether oxygens (including phenoxy) is 1. The number of amides is 2. The molecule has 0 aliphatic heterocycles. The van der Waals surface area contributed by atoms with Crippen molar-refractivity contribution in [3.63, 3.8) is 0 Å². The first kappa shape index (κ1) is 20.4. The van der Waals surface area contributed by atoms with E-state index in [1.54, 1.807) is 12.4 Å². The third-order valence-corrected chi connectivity index (χ3v) is 3.89. The van der Waals surface area contributed by atoms with Gasteiger partial charge in [0, 0.05) is 18.9 Å². The van der Waals surface area contributed by atoms with Gasteiger partial charge in [0.15, 0.2) is 0 Å². The normalized spacial score (nSPS) is 11.7. The number of hydrogen-bond donors (Lipinski definition) is 2. The highest BCUT2D eigenvalue weighted by atomic mass is 16.5. The van der Waals surface area contributed by atoms with Gasteiger partial charge in [-0.1, -0.05) is 38.1 Å². The number of aromatic nitrogens is 1. The third kappa shape index (κ3) is 7.90. The van der Waals surface area contributed by atoms with E-state index in [9.17, 15) is 9.59 Å². The van der Waals surface area contributed by atoms with Gasteiger partial charge in [-0.25, -0.2) is 0 Å². The summed E-state index contributed by atoms with van der Waals surface area (Å²) in [5, 5.41) is 5.69. The van der Waals surface area contributed by atoms with E-state index >= 15 is 0 Å². The maximum absolute atomic E-state index is 12.5. The van der Waals surface area contributed by atoms with Crippen LogP contribution in [-0.4, -0.2) is 29.4 Å². The molecule has 2 N–H and O–H groups in total. The van der Waals surface area contributed by atoms with Crippen LogP contribution in [0.4, 0.5) is 0 Å². The molecule has 1 atom stereocenters. The minimum atomic E-state index is -0.564. The van der Waals surface area contributed by atoms with Crippen molar-refractivity contribution in [1.82, 2.24) is 15.6 Å². The average Bonchev–Trinajstić information content (AvgIpc) is 2.67. The molecule has 1 aromatic carbocycles. The number of para-hydroxylation sites is 1. The summed E-state index contributed by atoms with van der Waals surface area (Å²) in [6.07, 6.45) is 4.16. The maximum Gasteiger partial charge on any atom is 0.242 e. The summed E-state index contributed by atoms with van der Waals surface area (Å²) >= 11 is 0. The number of carbonyl (C=O) groups excluding carboxylic acids is 2. The zero-order chi connectivity index (χ0) is 19.5. The molecule has 0 unspecified atom stereocenters. The minimum Gasteiger partial charge on any atom is -0.493 e. The average molecular weight is 369 g/mol. The van der Waals surface area contributed by atoms with Crippen LogP contribution < -0.4 is 15.4 Å². The van der Waals surface area contributed by atoms with Crippen LogP contribution in [0.25, 0.3) is 0 Å². The summed E-state index contributed by atoms with van der Waals surface area (Å²) in [7, 11) is 0. The van der Waals surface area contributed by atoms with Crippen molar-refractivity contribution in [2.24, 2.45) is 5.92 Å². The lowest BCUT2D eigenvalue weighted by Crippen LogP contribution is -2.47. The lowest BCUT2D eigenvalue weighted by Gasteiger charge is -2.20. The van der Waals surface area contributed by atoms with Gasteiger partial charge in [0.25, 0.3) is 0 Å². The van der Waals surface area contributed by atoms with Gasteiger partial charge in [0.1, 0.15) is 11.8 Å². The first-order chi connectivity index (χ1) is 13.0. The van der Waals surface area contributed by atoms with Crippen LogP contribution in [0, 0.1) is 5.92 Å². The van der Waals surface area contributed by atoms with Crippen molar-refractivity contribution in [3.8, 4) is 5.75 Å². The Morgan fingerprint density at radius 3 is 2.56 bits per heavy atom. The van der Waals surface area contributed by atoms with Crippen molar-refractivity contribution in [1.29, 1.82) is 0 Å². The standard InChI is InChI=1S/C21H27N3O3/c1-16(2)13-19(21(26)23-15-17-7-6-11-22-14-17)24-20(25)10-12-27-18-8-4-3-5-9-18/h3-9,11,14,16,19H,10,12-13,15H2,1-2H3,(H,23,26)(H,24,25)/t19-/m0/s1. The van der Waals surface area contributed by atoms with E-state index in [4.69, 9.17) is 4.74 Å². The SMILES string of the molecule is CC(C)C[C@H](NC(=O)CCOc1ccccc1)C(=O)NCc1cccnc1. The second-order valence-electron chi connectivity index (χ2n) is 6.74. The van der Waals surface area contributed by atoms with Crippen LogP contribution in [0.3, 0.4) is 0 Å². The third-order valence-electron chi connectivity index (χ3n) is 3.89. The molecule has 2 amide bonds. The minimum absolute atomic E-state index is 0.190. The summed E-state index contributed by atoms with van der Waals surface area (Å²) < 4.78 is 5.54. The summed E-state index contributed by atoms with van der Waals surface area (Å²) in [4.78, 5) is 28.8. The maximum atomic E-state index is 12.5. The van der Waals surface area contributed by atoms with E-state index in [1.165, 1.54) is 0 Å². The number of hydrogen-bond acceptors (Lipinski definition) is 4. The molecule has 0 fully saturated rings. The molecular formula is C21H27N3O3. The Morgan fingerprint density at radius 2 is 1.89 bits per heavy atom. The number of pyridine rings is 1. The predicted octanol–water partition coefficient (Wildman–Crippen LogP) is 2.70. The number of rotatable bonds is 10. The van der Waals surface area contributed by atoms with Crippen molar-refractivity contribution < 1.29 is 14.3 Å². The fourth-order valence-corrected chi connectivity index (χ4v) is 2.56. The topological polar surface area (TPSA) is 80.3 Å². The Morgan fingerprint density at radius 1 is 1.11 bits per heavy atom. The lowest BCUT2D eigenvalue weighted by molar-refractivity contribution is -0.129. The Kier molecular flexibility index (Phi) is 8.29. The van der Waals surface area contributed by atoms with E-state index in [0.717, 1.165) is 11.3 Å². The fourth-order valence-electron chi connectivity index (χ4n) is 2.56. The summed E-state index contributed by atoms with van der Waals surface area (Å²) in [6, 6.07) is 12.5. The number of benzene rings is 1. The zero-order valence-corrected chi connectivity index (χ0v) is 15.9. The van der Waals surface area contributed by atoms with Crippen molar-refractivity contribution in [2.45, 2.75) is 39.3 Å². The second kappa shape index (κ2) is 11.0. The molecule has 1 aromatic heterocycles. The molecular weight excluding hydrogens is 342 g/mol. The van der Waals surface area contributed by atoms with Crippen LogP contribution in [0.2, 0.25) is 0 Å². The molecule has 0 radical (unpaired) electrons. The molecule has 144 valence electrons. The van der Waals surface area contributed by atoms with Gasteiger partial charge in [-0.15, -0.1) is 0 Å². The highest BCUT2D eigenvalue weighted by Gasteiger charge is 2.21. The Bertz CT molecular complexity index is 705. The fraction of sp³-hybridized carbons (Fsp3) is 0.381. The molecule has 1 heterocycles. The summed E-state index contributed by atoms with van der Waals surface area (Å²) in [5.41, 5.74) is 0.914. The molecule has 27 heavy (non-hydrogen) atoms.